The third-order valence-electron chi connectivity index (χ3n) is 4.17. The van der Waals surface area contributed by atoms with Crippen LogP contribution in [0.2, 0.25) is 0 Å². The summed E-state index contributed by atoms with van der Waals surface area (Å²) in [5, 5.41) is 10.0. The van der Waals surface area contributed by atoms with Gasteiger partial charge in [0, 0.05) is 14.2 Å². The number of hydrogen-bond acceptors (Lipinski definition) is 8. The van der Waals surface area contributed by atoms with Gasteiger partial charge >= 0.3 is 0 Å². The maximum atomic E-state index is 10.0. The van der Waals surface area contributed by atoms with Gasteiger partial charge in [-0.25, -0.2) is 15.0 Å². The summed E-state index contributed by atoms with van der Waals surface area (Å²) in [7, 11) is 3.11. The highest BCUT2D eigenvalue weighted by molar-refractivity contribution is 5.72. The first-order chi connectivity index (χ1) is 11.6. The Kier molecular flexibility index (Phi) is 5.07. The van der Waals surface area contributed by atoms with Crippen molar-refractivity contribution in [2.45, 2.75) is 44.5 Å². The molecule has 3 heterocycles. The molecule has 2 aromatic rings. The van der Waals surface area contributed by atoms with Gasteiger partial charge in [-0.05, 0) is 13.8 Å². The van der Waals surface area contributed by atoms with E-state index in [0.717, 1.165) is 5.69 Å². The van der Waals surface area contributed by atoms with Crippen LogP contribution in [-0.2, 0) is 18.9 Å². The van der Waals surface area contributed by atoms with Crippen molar-refractivity contribution in [1.29, 1.82) is 0 Å². The van der Waals surface area contributed by atoms with E-state index in [1.54, 1.807) is 32.0 Å². The van der Waals surface area contributed by atoms with E-state index in [2.05, 4.69) is 15.0 Å². The zero-order chi connectivity index (χ0) is 17.3. The number of hydrogen-bond donors (Lipinski definition) is 1. The molecule has 3 rings (SSSR count). The number of aliphatic hydroxyl groups is 1. The van der Waals surface area contributed by atoms with Crippen molar-refractivity contribution in [2.75, 3.05) is 21.0 Å². The van der Waals surface area contributed by atoms with E-state index in [-0.39, 0.29) is 6.79 Å². The van der Waals surface area contributed by atoms with Gasteiger partial charge in [-0.15, -0.1) is 0 Å². The van der Waals surface area contributed by atoms with Crippen LogP contribution >= 0.6 is 0 Å². The van der Waals surface area contributed by atoms with Gasteiger partial charge in [-0.2, -0.15) is 0 Å². The molecule has 0 spiro atoms. The van der Waals surface area contributed by atoms with Gasteiger partial charge in [0.15, 0.2) is 11.9 Å². The third kappa shape index (κ3) is 2.89. The van der Waals surface area contributed by atoms with Crippen LogP contribution in [-0.4, -0.2) is 70.1 Å². The number of ether oxygens (including phenoxy) is 4. The van der Waals surface area contributed by atoms with Gasteiger partial charge in [-0.1, -0.05) is 0 Å². The Morgan fingerprint density at radius 3 is 2.75 bits per heavy atom. The van der Waals surface area contributed by atoms with Crippen molar-refractivity contribution in [1.82, 2.24) is 19.5 Å². The topological polar surface area (TPSA) is 101 Å². The number of aryl methyl sites for hydroxylation is 1. The Labute approximate surface area is 139 Å². The van der Waals surface area contributed by atoms with E-state index in [1.807, 2.05) is 6.92 Å². The molecule has 1 saturated heterocycles. The summed E-state index contributed by atoms with van der Waals surface area (Å²) in [5.41, 5.74) is 2.11. The standard InChI is InChI=1S/C15H22N4O5/c1-8-10-14(17-5-16-8)19(6-18-10)15-13(23-7-21-3)12(22-4)11(24-15)9(2)20/h5-6,9,11-13,15,20H,7H2,1-4H3. The Morgan fingerprint density at radius 2 is 2.08 bits per heavy atom. The molecule has 1 N–H and O–H groups in total. The lowest BCUT2D eigenvalue weighted by Gasteiger charge is -2.24. The highest BCUT2D eigenvalue weighted by Gasteiger charge is 2.49. The van der Waals surface area contributed by atoms with Crippen LogP contribution in [0.25, 0.3) is 11.2 Å². The Morgan fingerprint density at radius 1 is 1.29 bits per heavy atom. The highest BCUT2D eigenvalue weighted by Crippen LogP contribution is 2.36. The van der Waals surface area contributed by atoms with E-state index < -0.39 is 30.6 Å². The van der Waals surface area contributed by atoms with Crippen molar-refractivity contribution in [3.8, 4) is 0 Å². The van der Waals surface area contributed by atoms with Crippen molar-refractivity contribution in [2.24, 2.45) is 0 Å². The van der Waals surface area contributed by atoms with Gasteiger partial charge in [-0.3, -0.25) is 4.57 Å². The molecule has 2 aromatic heterocycles. The van der Waals surface area contributed by atoms with Gasteiger partial charge in [0.2, 0.25) is 0 Å². The highest BCUT2D eigenvalue weighted by atomic mass is 16.7. The molecule has 0 aliphatic carbocycles. The van der Waals surface area contributed by atoms with Crippen LogP contribution in [0.1, 0.15) is 18.8 Å². The van der Waals surface area contributed by atoms with Crippen molar-refractivity contribution >= 4 is 11.2 Å². The number of imidazole rings is 1. The number of rotatable bonds is 6. The summed E-state index contributed by atoms with van der Waals surface area (Å²) < 4.78 is 24.1. The molecule has 5 unspecified atom stereocenters. The van der Waals surface area contributed by atoms with Crippen molar-refractivity contribution in [3.05, 3.63) is 18.3 Å². The first-order valence-corrected chi connectivity index (χ1v) is 7.69. The molecule has 1 aliphatic heterocycles. The van der Waals surface area contributed by atoms with E-state index >= 15 is 0 Å². The molecule has 132 valence electrons. The molecular formula is C15H22N4O5. The Bertz CT molecular complexity index is 692. The predicted octanol–water partition coefficient (Wildman–Crippen LogP) is 0.417. The second-order valence-electron chi connectivity index (χ2n) is 5.75. The largest absolute Gasteiger partial charge is 0.391 e. The maximum Gasteiger partial charge on any atom is 0.166 e. The van der Waals surface area contributed by atoms with Crippen LogP contribution < -0.4 is 0 Å². The minimum absolute atomic E-state index is 0.0809. The number of aromatic nitrogens is 4. The average molecular weight is 338 g/mol. The van der Waals surface area contributed by atoms with Crippen molar-refractivity contribution in [3.63, 3.8) is 0 Å². The lowest BCUT2D eigenvalue weighted by molar-refractivity contribution is -0.132. The van der Waals surface area contributed by atoms with Gasteiger partial charge in [0.05, 0.1) is 18.1 Å². The molecule has 9 nitrogen and oxygen atoms in total. The average Bonchev–Trinajstić information content (AvgIpc) is 3.14. The molecular weight excluding hydrogens is 316 g/mol. The number of nitrogens with zero attached hydrogens (tertiary/aromatic N) is 4. The molecule has 1 fully saturated rings. The third-order valence-corrected chi connectivity index (χ3v) is 4.17. The van der Waals surface area contributed by atoms with Crippen molar-refractivity contribution < 1.29 is 24.1 Å². The van der Waals surface area contributed by atoms with Gasteiger partial charge in [0.25, 0.3) is 0 Å². The minimum Gasteiger partial charge on any atom is -0.391 e. The molecule has 1 aliphatic rings. The zero-order valence-electron chi connectivity index (χ0n) is 14.1. The van der Waals surface area contributed by atoms with Crippen LogP contribution in [0, 0.1) is 6.92 Å². The fraction of sp³-hybridized carbons (Fsp3) is 0.667. The molecule has 5 atom stereocenters. The summed E-state index contributed by atoms with van der Waals surface area (Å²) in [6.07, 6.45) is 0.367. The number of aliphatic hydroxyl groups excluding tert-OH is 1. The lowest BCUT2D eigenvalue weighted by atomic mass is 10.1. The summed E-state index contributed by atoms with van der Waals surface area (Å²) in [6.45, 7) is 3.61. The first-order valence-electron chi connectivity index (χ1n) is 7.69. The van der Waals surface area contributed by atoms with Gasteiger partial charge in [0.1, 0.15) is 36.9 Å². The van der Waals surface area contributed by atoms with E-state index in [1.165, 1.54) is 6.33 Å². The quantitative estimate of drug-likeness (QED) is 0.756. The maximum absolute atomic E-state index is 10.0. The van der Waals surface area contributed by atoms with Crippen LogP contribution in [0.3, 0.4) is 0 Å². The number of methoxy groups -OCH3 is 2. The molecule has 9 heteroatoms. The molecule has 0 amide bonds. The summed E-state index contributed by atoms with van der Waals surface area (Å²) in [4.78, 5) is 12.8. The summed E-state index contributed by atoms with van der Waals surface area (Å²) in [6, 6.07) is 0. The second kappa shape index (κ2) is 7.08. The summed E-state index contributed by atoms with van der Waals surface area (Å²) >= 11 is 0. The normalized spacial score (nSPS) is 28.5. The molecule has 0 saturated carbocycles. The Balaban J connectivity index is 2.00. The lowest BCUT2D eigenvalue weighted by Crippen LogP contribution is -2.40. The van der Waals surface area contributed by atoms with E-state index in [0.29, 0.717) is 11.2 Å². The van der Waals surface area contributed by atoms with E-state index in [4.69, 9.17) is 18.9 Å². The smallest absolute Gasteiger partial charge is 0.166 e. The first kappa shape index (κ1) is 17.2. The fourth-order valence-electron chi connectivity index (χ4n) is 3.02. The van der Waals surface area contributed by atoms with Gasteiger partial charge < -0.3 is 24.1 Å². The minimum atomic E-state index is -0.722. The Hall–Kier alpha value is -1.65. The molecule has 0 radical (unpaired) electrons. The number of fused-ring (bicyclic) bond motifs is 1. The summed E-state index contributed by atoms with van der Waals surface area (Å²) in [5.74, 6) is 0. The molecule has 0 bridgehead atoms. The fourth-order valence-corrected chi connectivity index (χ4v) is 3.02. The zero-order valence-corrected chi connectivity index (χ0v) is 14.1. The SMILES string of the molecule is COCOC1C(OC)C(C(C)O)OC1n1cnc2c(C)ncnc21. The van der Waals surface area contributed by atoms with E-state index in [9.17, 15) is 5.11 Å². The van der Waals surface area contributed by atoms with Crippen LogP contribution in [0.4, 0.5) is 0 Å². The van der Waals surface area contributed by atoms with Crippen LogP contribution in [0.15, 0.2) is 12.7 Å². The molecule has 24 heavy (non-hydrogen) atoms. The molecule has 0 aromatic carbocycles. The van der Waals surface area contributed by atoms with Crippen LogP contribution in [0.5, 0.6) is 0 Å². The second-order valence-corrected chi connectivity index (χ2v) is 5.75. The predicted molar refractivity (Wildman–Crippen MR) is 83.2 cm³/mol. The monoisotopic (exact) mass is 338 g/mol.